The van der Waals surface area contributed by atoms with Crippen molar-refractivity contribution in [3.63, 3.8) is 0 Å². The number of carbonyl (C=O) groups is 2. The number of carboxylic acids is 1. The van der Waals surface area contributed by atoms with Crippen molar-refractivity contribution in [2.75, 3.05) is 18.0 Å². The number of halogens is 1. The summed E-state index contributed by atoms with van der Waals surface area (Å²) in [6, 6.07) is 12.1. The molecule has 0 bridgehead atoms. The van der Waals surface area contributed by atoms with Crippen molar-refractivity contribution in [1.82, 2.24) is 9.88 Å². The number of aryl methyl sites for hydroxylation is 2. The van der Waals surface area contributed by atoms with Crippen molar-refractivity contribution in [3.8, 4) is 11.1 Å². The zero-order valence-corrected chi connectivity index (χ0v) is 26.3. The molecule has 1 atom stereocenters. The summed E-state index contributed by atoms with van der Waals surface area (Å²) in [4.78, 5) is 35.0. The van der Waals surface area contributed by atoms with Crippen molar-refractivity contribution in [2.45, 2.75) is 86.1 Å². The molecule has 0 unspecified atom stereocenters. The second kappa shape index (κ2) is 11.4. The van der Waals surface area contributed by atoms with E-state index in [4.69, 9.17) is 9.72 Å². The summed E-state index contributed by atoms with van der Waals surface area (Å²) in [5.74, 6) is -1.42. The van der Waals surface area contributed by atoms with Gasteiger partial charge in [0.2, 0.25) is 0 Å². The van der Waals surface area contributed by atoms with E-state index in [0.29, 0.717) is 29.9 Å². The number of ether oxygens (including phenoxy) is 1. The molecule has 5 rings (SSSR count). The molecule has 3 heterocycles. The van der Waals surface area contributed by atoms with E-state index in [1.54, 1.807) is 17.0 Å². The van der Waals surface area contributed by atoms with Crippen LogP contribution in [0.1, 0.15) is 92.0 Å². The fourth-order valence-electron chi connectivity index (χ4n) is 6.23. The molecule has 2 aliphatic rings. The van der Waals surface area contributed by atoms with Crippen LogP contribution in [0.15, 0.2) is 42.5 Å². The molecule has 0 radical (unpaired) electrons. The Balaban J connectivity index is 1.61. The van der Waals surface area contributed by atoms with Gasteiger partial charge >= 0.3 is 5.97 Å². The van der Waals surface area contributed by atoms with Gasteiger partial charge in [0, 0.05) is 54.3 Å². The Kier molecular flexibility index (Phi) is 8.11. The van der Waals surface area contributed by atoms with Crippen molar-refractivity contribution in [3.05, 3.63) is 81.9 Å². The zero-order chi connectivity index (χ0) is 31.3. The van der Waals surface area contributed by atoms with Gasteiger partial charge in [-0.25, -0.2) is 9.18 Å². The highest BCUT2D eigenvalue weighted by Gasteiger charge is 2.37. The Labute approximate surface area is 253 Å². The predicted octanol–water partition coefficient (Wildman–Crippen LogP) is 7.23. The number of benzene rings is 2. The summed E-state index contributed by atoms with van der Waals surface area (Å²) in [7, 11) is 0. The predicted molar refractivity (Wildman–Crippen MR) is 166 cm³/mol. The first-order valence-electron chi connectivity index (χ1n) is 15.0. The average Bonchev–Trinajstić information content (AvgIpc) is 3.22. The van der Waals surface area contributed by atoms with Gasteiger partial charge < -0.3 is 19.6 Å². The number of hydrogen-bond donors (Lipinski definition) is 1. The Morgan fingerprint density at radius 1 is 1.07 bits per heavy atom. The van der Waals surface area contributed by atoms with E-state index in [1.807, 2.05) is 52.8 Å². The van der Waals surface area contributed by atoms with Crippen LogP contribution < -0.4 is 4.90 Å². The molecule has 1 saturated heterocycles. The van der Waals surface area contributed by atoms with Gasteiger partial charge in [0.1, 0.15) is 5.82 Å². The first-order valence-corrected chi connectivity index (χ1v) is 15.0. The molecular formula is C35H42FN3O4. The lowest BCUT2D eigenvalue weighted by molar-refractivity contribution is -0.160. The normalized spacial score (nSPS) is 17.3. The molecule has 8 heteroatoms. The number of anilines is 1. The van der Waals surface area contributed by atoms with Crippen molar-refractivity contribution in [1.29, 1.82) is 0 Å². The maximum atomic E-state index is 13.4. The van der Waals surface area contributed by atoms with Crippen LogP contribution in [0.5, 0.6) is 0 Å². The average molecular weight is 588 g/mol. The van der Waals surface area contributed by atoms with Crippen LogP contribution in [-0.4, -0.2) is 45.6 Å². The van der Waals surface area contributed by atoms with Crippen LogP contribution in [0.4, 0.5) is 10.1 Å². The van der Waals surface area contributed by atoms with Gasteiger partial charge in [0.15, 0.2) is 6.10 Å². The highest BCUT2D eigenvalue weighted by Crippen LogP contribution is 2.45. The highest BCUT2D eigenvalue weighted by atomic mass is 19.1. The minimum absolute atomic E-state index is 0.0617. The van der Waals surface area contributed by atoms with Gasteiger partial charge in [-0.1, -0.05) is 32.0 Å². The second-order valence-corrected chi connectivity index (χ2v) is 13.7. The van der Waals surface area contributed by atoms with Crippen molar-refractivity contribution >= 4 is 17.6 Å². The quantitative estimate of drug-likeness (QED) is 0.314. The fourth-order valence-corrected chi connectivity index (χ4v) is 6.23. The number of aromatic nitrogens is 1. The van der Waals surface area contributed by atoms with Gasteiger partial charge in [0.05, 0.1) is 11.3 Å². The molecule has 2 aliphatic heterocycles. The number of amides is 1. The molecule has 1 amide bonds. The number of hydrogen-bond acceptors (Lipinski definition) is 5. The van der Waals surface area contributed by atoms with E-state index in [0.717, 1.165) is 59.6 Å². The van der Waals surface area contributed by atoms with E-state index in [9.17, 15) is 19.1 Å². The second-order valence-electron chi connectivity index (χ2n) is 13.7. The third-order valence-corrected chi connectivity index (χ3v) is 8.53. The lowest BCUT2D eigenvalue weighted by atomic mass is 9.81. The van der Waals surface area contributed by atoms with Crippen LogP contribution in [0.2, 0.25) is 0 Å². The highest BCUT2D eigenvalue weighted by molar-refractivity contribution is 5.99. The summed E-state index contributed by atoms with van der Waals surface area (Å²) in [5.41, 5.74) is 6.54. The minimum Gasteiger partial charge on any atom is -0.479 e. The largest absolute Gasteiger partial charge is 0.479 e. The van der Waals surface area contributed by atoms with Crippen LogP contribution in [0.3, 0.4) is 0 Å². The first kappa shape index (κ1) is 30.7. The minimum atomic E-state index is -1.20. The molecule has 7 nitrogen and oxygen atoms in total. The fraction of sp³-hybridized carbons (Fsp3) is 0.457. The summed E-state index contributed by atoms with van der Waals surface area (Å²) >= 11 is 0. The molecule has 0 spiro atoms. The number of carboxylic acid groups (broad SMARTS) is 1. The molecule has 1 fully saturated rings. The number of carbonyl (C=O) groups excluding carboxylic acids is 1. The summed E-state index contributed by atoms with van der Waals surface area (Å²) < 4.78 is 19.6. The molecular weight excluding hydrogens is 545 g/mol. The van der Waals surface area contributed by atoms with Crippen LogP contribution >= 0.6 is 0 Å². The van der Waals surface area contributed by atoms with Crippen LogP contribution in [0.25, 0.3) is 11.1 Å². The number of fused-ring (bicyclic) bond motifs is 1. The molecule has 228 valence electrons. The lowest BCUT2D eigenvalue weighted by Crippen LogP contribution is -2.39. The van der Waals surface area contributed by atoms with Gasteiger partial charge in [-0.15, -0.1) is 0 Å². The van der Waals surface area contributed by atoms with E-state index in [2.05, 4.69) is 18.7 Å². The lowest BCUT2D eigenvalue weighted by Gasteiger charge is -2.41. The smallest absolute Gasteiger partial charge is 0.337 e. The summed E-state index contributed by atoms with van der Waals surface area (Å²) in [6.07, 6.45) is 0.751. The van der Waals surface area contributed by atoms with E-state index >= 15 is 0 Å². The van der Waals surface area contributed by atoms with Gasteiger partial charge in [-0.2, -0.15) is 0 Å². The Morgan fingerprint density at radius 2 is 1.72 bits per heavy atom. The van der Waals surface area contributed by atoms with E-state index < -0.39 is 17.7 Å². The number of aliphatic carboxylic acids is 1. The molecule has 0 aliphatic carbocycles. The van der Waals surface area contributed by atoms with Crippen LogP contribution in [0, 0.1) is 25.1 Å². The third kappa shape index (κ3) is 6.44. The van der Waals surface area contributed by atoms with Crippen molar-refractivity contribution in [2.24, 2.45) is 5.41 Å². The topological polar surface area (TPSA) is 83.0 Å². The van der Waals surface area contributed by atoms with Crippen molar-refractivity contribution < 1.29 is 23.8 Å². The maximum Gasteiger partial charge on any atom is 0.337 e. The zero-order valence-electron chi connectivity index (χ0n) is 26.3. The van der Waals surface area contributed by atoms with Gasteiger partial charge in [0.25, 0.3) is 5.91 Å². The van der Waals surface area contributed by atoms with Gasteiger partial charge in [-0.3, -0.25) is 9.78 Å². The number of piperidine rings is 1. The monoisotopic (exact) mass is 587 g/mol. The summed E-state index contributed by atoms with van der Waals surface area (Å²) in [5, 5.41) is 10.4. The Hall–Kier alpha value is -3.78. The Bertz CT molecular complexity index is 1550. The maximum absolute atomic E-state index is 13.4. The number of nitrogens with zero attached hydrogens (tertiary/aromatic N) is 3. The van der Waals surface area contributed by atoms with Gasteiger partial charge in [-0.05, 0) is 93.8 Å². The first-order chi connectivity index (χ1) is 20.1. The summed E-state index contributed by atoms with van der Waals surface area (Å²) in [6.45, 7) is 16.3. The SMILES string of the molecule is Cc1nc(C)c([C@H](OC(C)(C)C)C(=O)O)c(N2CCC(C)(C)CC2)c1-c1ccc2c(c1)CN(Cc1ccc(F)cc1)C2=O. The van der Waals surface area contributed by atoms with E-state index in [1.165, 1.54) is 12.1 Å². The number of rotatable bonds is 7. The standard InChI is InChI=1S/C35H42FN3O4/c1-21-28(24-10-13-27-25(18-24)20-39(32(27)40)19-23-8-11-26(36)12-9-23)30(38-16-14-35(6,7)15-17-38)29(22(2)37-21)31(33(41)42)43-34(3,4)5/h8-13,18,31H,14-17,19-20H2,1-7H3,(H,41,42)/t31-/m0/s1. The molecule has 3 aromatic rings. The number of pyridine rings is 1. The Morgan fingerprint density at radius 3 is 2.33 bits per heavy atom. The molecule has 1 aromatic heterocycles. The molecule has 43 heavy (non-hydrogen) atoms. The molecule has 0 saturated carbocycles. The molecule has 1 N–H and O–H groups in total. The van der Waals surface area contributed by atoms with Crippen LogP contribution in [-0.2, 0) is 22.6 Å². The third-order valence-electron chi connectivity index (χ3n) is 8.53. The van der Waals surface area contributed by atoms with E-state index in [-0.39, 0.29) is 17.1 Å². The molecule has 2 aromatic carbocycles.